The number of nitrogens with two attached hydrogens (primary N) is 1. The zero-order chi connectivity index (χ0) is 19.2. The van der Waals surface area contributed by atoms with Crippen molar-refractivity contribution >= 4 is 21.6 Å². The molecule has 1 amide bonds. The van der Waals surface area contributed by atoms with E-state index >= 15 is 0 Å². The van der Waals surface area contributed by atoms with Gasteiger partial charge in [0, 0.05) is 25.0 Å². The monoisotopic (exact) mass is 376 g/mol. The summed E-state index contributed by atoms with van der Waals surface area (Å²) in [5, 5.41) is 11.1. The average Bonchev–Trinajstić information content (AvgIpc) is 2.60. The van der Waals surface area contributed by atoms with E-state index in [1.165, 1.54) is 12.1 Å². The highest BCUT2D eigenvalue weighted by Crippen LogP contribution is 2.10. The number of carbonyl (C=O) groups is 1. The summed E-state index contributed by atoms with van der Waals surface area (Å²) in [6.07, 6.45) is 2.17. The van der Waals surface area contributed by atoms with Crippen molar-refractivity contribution in [2.75, 3.05) is 18.4 Å². The number of hydrogen-bond donors (Lipinski definition) is 3. The highest BCUT2D eigenvalue weighted by molar-refractivity contribution is 7.89. The molecule has 1 aromatic heterocycles. The van der Waals surface area contributed by atoms with E-state index in [-0.39, 0.29) is 10.8 Å². The van der Waals surface area contributed by atoms with Gasteiger partial charge in [0.25, 0.3) is 5.91 Å². The Morgan fingerprint density at radius 1 is 1.19 bits per heavy atom. The quantitative estimate of drug-likeness (QED) is 0.650. The van der Waals surface area contributed by atoms with Crippen LogP contribution in [0, 0.1) is 5.92 Å². The minimum absolute atomic E-state index is 0.0696. The molecule has 0 atom stereocenters. The van der Waals surface area contributed by atoms with E-state index in [1.54, 1.807) is 24.4 Å². The highest BCUT2D eigenvalue weighted by atomic mass is 32.2. The first-order valence-electron chi connectivity index (χ1n) is 8.35. The van der Waals surface area contributed by atoms with Crippen LogP contribution >= 0.6 is 0 Å². The summed E-state index contributed by atoms with van der Waals surface area (Å²) in [6, 6.07) is 9.82. The third-order valence-electron chi connectivity index (χ3n) is 3.66. The van der Waals surface area contributed by atoms with Crippen molar-refractivity contribution in [2.45, 2.75) is 25.2 Å². The molecule has 0 aliphatic carbocycles. The van der Waals surface area contributed by atoms with E-state index in [4.69, 9.17) is 5.14 Å². The number of amides is 1. The van der Waals surface area contributed by atoms with Crippen molar-refractivity contribution in [3.8, 4) is 0 Å². The maximum absolute atomic E-state index is 12.2. The third kappa shape index (κ3) is 6.12. The number of aromatic nitrogens is 1. The van der Waals surface area contributed by atoms with E-state index in [2.05, 4.69) is 29.5 Å². The molecule has 4 N–H and O–H groups in total. The molecule has 26 heavy (non-hydrogen) atoms. The Hall–Kier alpha value is -2.45. The van der Waals surface area contributed by atoms with Gasteiger partial charge in [-0.15, -0.1) is 0 Å². The smallest absolute Gasteiger partial charge is 0.269 e. The summed E-state index contributed by atoms with van der Waals surface area (Å²) in [5.41, 5.74) is 2.11. The first-order valence-corrected chi connectivity index (χ1v) is 9.90. The molecule has 2 rings (SSSR count). The Morgan fingerprint density at radius 2 is 1.88 bits per heavy atom. The number of sulfonamides is 1. The van der Waals surface area contributed by atoms with Crippen LogP contribution < -0.4 is 15.8 Å². The van der Waals surface area contributed by atoms with Gasteiger partial charge in [0.15, 0.2) is 0 Å². The summed E-state index contributed by atoms with van der Waals surface area (Å²) >= 11 is 0. The topological polar surface area (TPSA) is 114 Å². The Bertz CT molecular complexity index is 849. The molecule has 0 spiro atoms. The molecule has 0 saturated heterocycles. The van der Waals surface area contributed by atoms with E-state index < -0.39 is 10.0 Å². The van der Waals surface area contributed by atoms with Crippen LogP contribution in [0.4, 0.5) is 5.69 Å². The van der Waals surface area contributed by atoms with Crippen molar-refractivity contribution in [3.05, 3.63) is 53.9 Å². The predicted octanol–water partition coefficient (Wildman–Crippen LogP) is 1.77. The lowest BCUT2D eigenvalue weighted by molar-refractivity contribution is 0.0949. The fourth-order valence-corrected chi connectivity index (χ4v) is 2.76. The number of carbonyl (C=O) groups excluding carboxylic acids is 1. The number of pyridine rings is 1. The van der Waals surface area contributed by atoms with Gasteiger partial charge in [-0.05, 0) is 42.2 Å². The van der Waals surface area contributed by atoms with Gasteiger partial charge in [-0.2, -0.15) is 0 Å². The maximum atomic E-state index is 12.2. The molecule has 0 fully saturated rings. The lowest BCUT2D eigenvalue weighted by atomic mass is 10.1. The second kappa shape index (κ2) is 8.77. The molecule has 8 heteroatoms. The van der Waals surface area contributed by atoms with Gasteiger partial charge in [-0.25, -0.2) is 13.6 Å². The lowest BCUT2D eigenvalue weighted by Crippen LogP contribution is -2.26. The zero-order valence-electron chi connectivity index (χ0n) is 14.9. The number of primary sulfonamides is 1. The van der Waals surface area contributed by atoms with Crippen LogP contribution in [-0.2, 0) is 16.4 Å². The van der Waals surface area contributed by atoms with Crippen molar-refractivity contribution in [2.24, 2.45) is 11.1 Å². The minimum atomic E-state index is -3.69. The van der Waals surface area contributed by atoms with Gasteiger partial charge in [0.2, 0.25) is 10.0 Å². The number of benzene rings is 1. The Balaban J connectivity index is 1.88. The third-order valence-corrected chi connectivity index (χ3v) is 4.59. The van der Waals surface area contributed by atoms with Crippen molar-refractivity contribution in [1.82, 2.24) is 10.3 Å². The molecule has 140 valence electrons. The Morgan fingerprint density at radius 3 is 2.50 bits per heavy atom. The normalized spacial score (nSPS) is 11.4. The van der Waals surface area contributed by atoms with Gasteiger partial charge in [-0.3, -0.25) is 9.78 Å². The first-order chi connectivity index (χ1) is 12.3. The average molecular weight is 376 g/mol. The molecular weight excluding hydrogens is 352 g/mol. The molecule has 0 unspecified atom stereocenters. The molecular formula is C18H24N4O3S. The molecule has 0 bridgehead atoms. The Labute approximate surface area is 154 Å². The van der Waals surface area contributed by atoms with Crippen LogP contribution in [-0.4, -0.2) is 32.4 Å². The highest BCUT2D eigenvalue weighted by Gasteiger charge is 2.09. The summed E-state index contributed by atoms with van der Waals surface area (Å²) in [4.78, 5) is 16.4. The van der Waals surface area contributed by atoms with Crippen LogP contribution in [0.3, 0.4) is 0 Å². The van der Waals surface area contributed by atoms with Gasteiger partial charge < -0.3 is 10.6 Å². The number of nitrogens with zero attached hydrogens (tertiary/aromatic N) is 1. The van der Waals surface area contributed by atoms with Gasteiger partial charge in [0.1, 0.15) is 5.69 Å². The predicted molar refractivity (Wildman–Crippen MR) is 101 cm³/mol. The summed E-state index contributed by atoms with van der Waals surface area (Å²) in [6.45, 7) is 5.45. The minimum Gasteiger partial charge on any atom is -0.385 e. The molecule has 1 heterocycles. The van der Waals surface area contributed by atoms with E-state index in [0.717, 1.165) is 17.8 Å². The van der Waals surface area contributed by atoms with Gasteiger partial charge in [0.05, 0.1) is 4.90 Å². The van der Waals surface area contributed by atoms with Crippen molar-refractivity contribution in [1.29, 1.82) is 0 Å². The molecule has 0 saturated carbocycles. The van der Waals surface area contributed by atoms with Gasteiger partial charge in [-0.1, -0.05) is 26.0 Å². The fourth-order valence-electron chi connectivity index (χ4n) is 2.24. The molecule has 1 aromatic carbocycles. The van der Waals surface area contributed by atoms with E-state index in [0.29, 0.717) is 24.6 Å². The number of nitrogens with one attached hydrogen (secondary N) is 2. The van der Waals surface area contributed by atoms with Crippen molar-refractivity contribution < 1.29 is 13.2 Å². The molecule has 2 aromatic rings. The second-order valence-corrected chi connectivity index (χ2v) is 7.96. The first kappa shape index (κ1) is 19.9. The molecule has 0 radical (unpaired) electrons. The fraction of sp³-hybridized carbons (Fsp3) is 0.333. The molecule has 0 aliphatic rings. The number of rotatable bonds is 8. The van der Waals surface area contributed by atoms with E-state index in [1.807, 2.05) is 6.07 Å². The second-order valence-electron chi connectivity index (χ2n) is 6.40. The number of anilines is 1. The number of hydrogen-bond acceptors (Lipinski definition) is 5. The van der Waals surface area contributed by atoms with Crippen LogP contribution in [0.25, 0.3) is 0 Å². The maximum Gasteiger partial charge on any atom is 0.269 e. The van der Waals surface area contributed by atoms with E-state index in [9.17, 15) is 13.2 Å². The standard InChI is InChI=1S/C18H24N4O3S/c1-13(2)12-22-15-8-10-20-17(11-15)18(23)21-9-7-14-3-5-16(6-4-14)26(19,24)25/h3-6,8,10-11,13H,7,9,12H2,1-2H3,(H,20,22)(H,21,23)(H2,19,24,25). The largest absolute Gasteiger partial charge is 0.385 e. The summed E-state index contributed by atoms with van der Waals surface area (Å²) in [5.74, 6) is 0.250. The molecule has 7 nitrogen and oxygen atoms in total. The summed E-state index contributed by atoms with van der Waals surface area (Å²) in [7, 11) is -3.69. The SMILES string of the molecule is CC(C)CNc1ccnc(C(=O)NCCc2ccc(S(N)(=O)=O)cc2)c1. The Kier molecular flexibility index (Phi) is 6.70. The van der Waals surface area contributed by atoms with Gasteiger partial charge >= 0.3 is 0 Å². The van der Waals surface area contributed by atoms with Crippen LogP contribution in [0.15, 0.2) is 47.5 Å². The lowest BCUT2D eigenvalue weighted by Gasteiger charge is -2.10. The van der Waals surface area contributed by atoms with Crippen LogP contribution in [0.2, 0.25) is 0 Å². The van der Waals surface area contributed by atoms with Crippen molar-refractivity contribution in [3.63, 3.8) is 0 Å². The zero-order valence-corrected chi connectivity index (χ0v) is 15.7. The summed E-state index contributed by atoms with van der Waals surface area (Å²) < 4.78 is 22.4. The van der Waals surface area contributed by atoms with Crippen LogP contribution in [0.5, 0.6) is 0 Å². The molecule has 0 aliphatic heterocycles. The van der Waals surface area contributed by atoms with Crippen LogP contribution in [0.1, 0.15) is 29.9 Å².